The second-order valence-electron chi connectivity index (χ2n) is 2.69. The van der Waals surface area contributed by atoms with Crippen molar-refractivity contribution >= 4 is 31.5 Å². The van der Waals surface area contributed by atoms with Gasteiger partial charge in [-0.2, -0.15) is 11.8 Å². The summed E-state index contributed by atoms with van der Waals surface area (Å²) in [5.74, 6) is 1.13. The van der Waals surface area contributed by atoms with E-state index < -0.39 is 9.05 Å². The molecule has 0 amide bonds. The number of rotatable bonds is 3. The summed E-state index contributed by atoms with van der Waals surface area (Å²) in [7, 11) is 1.69. The van der Waals surface area contributed by atoms with Gasteiger partial charge in [-0.3, -0.25) is 0 Å². The molecule has 0 radical (unpaired) electrons. The molecule has 1 unspecified atom stereocenters. The summed E-state index contributed by atoms with van der Waals surface area (Å²) in [6, 6.07) is 0. The van der Waals surface area contributed by atoms with Crippen molar-refractivity contribution in [3.63, 3.8) is 0 Å². The van der Waals surface area contributed by atoms with Gasteiger partial charge in [0.25, 0.3) is 0 Å². The highest BCUT2D eigenvalue weighted by molar-refractivity contribution is 8.13. The first-order chi connectivity index (χ1) is 5.58. The van der Waals surface area contributed by atoms with Crippen LogP contribution in [-0.4, -0.2) is 25.2 Å². The van der Waals surface area contributed by atoms with E-state index in [1.54, 1.807) is 6.08 Å². The fraction of sp³-hybridized carbons (Fsp3) is 0.714. The highest BCUT2D eigenvalue weighted by atomic mass is 35.7. The van der Waals surface area contributed by atoms with Crippen molar-refractivity contribution in [1.82, 2.24) is 0 Å². The lowest BCUT2D eigenvalue weighted by molar-refractivity contribution is 0.612. The standard InChI is InChI=1S/C7H11ClO2S2/c8-12(9,10)6-2-4-7-3-1-5-11-7/h2,4,7H,1,3,5-6H2/b4-2-. The first kappa shape index (κ1) is 10.4. The summed E-state index contributed by atoms with van der Waals surface area (Å²) in [5, 5.41) is 0.503. The lowest BCUT2D eigenvalue weighted by Crippen LogP contribution is -1.95. The topological polar surface area (TPSA) is 34.1 Å². The molecule has 0 bridgehead atoms. The van der Waals surface area contributed by atoms with Gasteiger partial charge in [0, 0.05) is 15.9 Å². The quantitative estimate of drug-likeness (QED) is 0.546. The number of halogens is 1. The molecule has 12 heavy (non-hydrogen) atoms. The summed E-state index contributed by atoms with van der Waals surface area (Å²) in [6.07, 6.45) is 5.97. The van der Waals surface area contributed by atoms with Crippen LogP contribution in [0.25, 0.3) is 0 Å². The fourth-order valence-corrected chi connectivity index (χ4v) is 2.83. The molecule has 0 spiro atoms. The molecule has 1 atom stereocenters. The van der Waals surface area contributed by atoms with Gasteiger partial charge in [0.05, 0.1) is 5.75 Å². The zero-order valence-electron chi connectivity index (χ0n) is 6.57. The molecule has 0 aliphatic carbocycles. The van der Waals surface area contributed by atoms with Crippen LogP contribution in [0.15, 0.2) is 12.2 Å². The maximum Gasteiger partial charge on any atom is 0.236 e. The van der Waals surface area contributed by atoms with E-state index in [1.165, 1.54) is 12.2 Å². The lowest BCUT2D eigenvalue weighted by Gasteiger charge is -1.98. The van der Waals surface area contributed by atoms with Crippen LogP contribution in [0.1, 0.15) is 12.8 Å². The fourth-order valence-electron chi connectivity index (χ4n) is 1.08. The van der Waals surface area contributed by atoms with E-state index in [4.69, 9.17) is 10.7 Å². The van der Waals surface area contributed by atoms with E-state index in [1.807, 2.05) is 17.8 Å². The summed E-state index contributed by atoms with van der Waals surface area (Å²) < 4.78 is 21.0. The molecular formula is C7H11ClO2S2. The van der Waals surface area contributed by atoms with E-state index in [0.29, 0.717) is 5.25 Å². The summed E-state index contributed by atoms with van der Waals surface area (Å²) in [4.78, 5) is 0. The zero-order chi connectivity index (χ0) is 9.03. The Kier molecular flexibility index (Phi) is 3.93. The molecule has 1 fully saturated rings. The molecule has 0 saturated carbocycles. The Labute approximate surface area is 81.8 Å². The Morgan fingerprint density at radius 2 is 2.33 bits per heavy atom. The summed E-state index contributed by atoms with van der Waals surface area (Å²) in [6.45, 7) is 0. The van der Waals surface area contributed by atoms with Crippen LogP contribution in [0.4, 0.5) is 0 Å². The third-order valence-electron chi connectivity index (χ3n) is 1.61. The Morgan fingerprint density at radius 3 is 2.83 bits per heavy atom. The van der Waals surface area contributed by atoms with Crippen molar-refractivity contribution in [2.75, 3.05) is 11.5 Å². The Bertz CT molecular complexity index is 253. The van der Waals surface area contributed by atoms with Gasteiger partial charge in [-0.1, -0.05) is 12.2 Å². The molecule has 1 heterocycles. The minimum absolute atomic E-state index is 0.0500. The predicted octanol–water partition coefficient (Wildman–Crippen LogP) is 2.01. The average Bonchev–Trinajstić information content (AvgIpc) is 2.36. The van der Waals surface area contributed by atoms with Gasteiger partial charge in [-0.25, -0.2) is 8.42 Å². The first-order valence-corrected chi connectivity index (χ1v) is 7.31. The highest BCUT2D eigenvalue weighted by Gasteiger charge is 2.11. The first-order valence-electron chi connectivity index (χ1n) is 3.78. The minimum Gasteiger partial charge on any atom is -0.212 e. The molecule has 1 aliphatic heterocycles. The van der Waals surface area contributed by atoms with E-state index in [-0.39, 0.29) is 5.75 Å². The Balaban J connectivity index is 2.30. The van der Waals surface area contributed by atoms with Gasteiger partial charge in [-0.05, 0) is 18.6 Å². The molecule has 1 rings (SSSR count). The maximum absolute atomic E-state index is 10.5. The molecule has 0 N–H and O–H groups in total. The largest absolute Gasteiger partial charge is 0.236 e. The number of thioether (sulfide) groups is 1. The van der Waals surface area contributed by atoms with Crippen LogP contribution in [-0.2, 0) is 9.05 Å². The van der Waals surface area contributed by atoms with Gasteiger partial charge < -0.3 is 0 Å². The van der Waals surface area contributed by atoms with Gasteiger partial charge in [0.1, 0.15) is 0 Å². The molecule has 70 valence electrons. The molecule has 0 aromatic carbocycles. The molecule has 0 aromatic heterocycles. The van der Waals surface area contributed by atoms with Crippen molar-refractivity contribution in [2.45, 2.75) is 18.1 Å². The van der Waals surface area contributed by atoms with Crippen molar-refractivity contribution in [2.24, 2.45) is 0 Å². The normalized spacial score (nSPS) is 25.2. The molecule has 1 saturated heterocycles. The SMILES string of the molecule is O=S(=O)(Cl)C/C=C\C1CCCS1. The Morgan fingerprint density at radius 1 is 1.58 bits per heavy atom. The smallest absolute Gasteiger partial charge is 0.212 e. The van der Waals surface area contributed by atoms with E-state index >= 15 is 0 Å². The van der Waals surface area contributed by atoms with Crippen LogP contribution in [0, 0.1) is 0 Å². The summed E-state index contributed by atoms with van der Waals surface area (Å²) >= 11 is 1.87. The second kappa shape index (κ2) is 4.53. The summed E-state index contributed by atoms with van der Waals surface area (Å²) in [5.41, 5.74) is 0. The van der Waals surface area contributed by atoms with E-state index in [9.17, 15) is 8.42 Å². The van der Waals surface area contributed by atoms with Gasteiger partial charge >= 0.3 is 0 Å². The van der Waals surface area contributed by atoms with E-state index in [0.717, 1.165) is 6.42 Å². The Hall–Kier alpha value is 0.330. The maximum atomic E-state index is 10.5. The van der Waals surface area contributed by atoms with Crippen LogP contribution in [0.3, 0.4) is 0 Å². The third-order valence-corrected chi connectivity index (χ3v) is 3.92. The second-order valence-corrected chi connectivity index (χ2v) is 6.85. The highest BCUT2D eigenvalue weighted by Crippen LogP contribution is 2.26. The van der Waals surface area contributed by atoms with Crippen LogP contribution >= 0.6 is 22.4 Å². The van der Waals surface area contributed by atoms with Crippen molar-refractivity contribution in [3.05, 3.63) is 12.2 Å². The van der Waals surface area contributed by atoms with Gasteiger partial charge in [-0.15, -0.1) is 0 Å². The van der Waals surface area contributed by atoms with Gasteiger partial charge in [0.15, 0.2) is 0 Å². The molecule has 0 aromatic rings. The van der Waals surface area contributed by atoms with Crippen molar-refractivity contribution in [1.29, 1.82) is 0 Å². The van der Waals surface area contributed by atoms with E-state index in [2.05, 4.69) is 0 Å². The van der Waals surface area contributed by atoms with Crippen LogP contribution in [0.5, 0.6) is 0 Å². The molecule has 5 heteroatoms. The van der Waals surface area contributed by atoms with Crippen molar-refractivity contribution in [3.8, 4) is 0 Å². The zero-order valence-corrected chi connectivity index (χ0v) is 8.96. The van der Waals surface area contributed by atoms with Crippen LogP contribution in [0.2, 0.25) is 0 Å². The minimum atomic E-state index is -3.34. The molecule has 2 nitrogen and oxygen atoms in total. The number of hydrogen-bond donors (Lipinski definition) is 0. The van der Waals surface area contributed by atoms with Crippen molar-refractivity contribution < 1.29 is 8.42 Å². The van der Waals surface area contributed by atoms with Crippen LogP contribution < -0.4 is 0 Å². The predicted molar refractivity (Wildman–Crippen MR) is 54.3 cm³/mol. The molecule has 1 aliphatic rings. The van der Waals surface area contributed by atoms with Gasteiger partial charge in [0.2, 0.25) is 9.05 Å². The average molecular weight is 227 g/mol. The third kappa shape index (κ3) is 4.38. The molecular weight excluding hydrogens is 216 g/mol. The number of hydrogen-bond acceptors (Lipinski definition) is 3. The lowest BCUT2D eigenvalue weighted by atomic mass is 10.2. The monoisotopic (exact) mass is 226 g/mol.